The van der Waals surface area contributed by atoms with Gasteiger partial charge in [-0.25, -0.2) is 0 Å². The highest BCUT2D eigenvalue weighted by molar-refractivity contribution is 5.39. The van der Waals surface area contributed by atoms with Crippen LogP contribution in [0.1, 0.15) is 18.9 Å². The average molecular weight is 227 g/mol. The summed E-state index contributed by atoms with van der Waals surface area (Å²) >= 11 is 0. The van der Waals surface area contributed by atoms with Crippen LogP contribution in [0.2, 0.25) is 0 Å². The Hall–Kier alpha value is -1.96. The topological polar surface area (TPSA) is 35.2 Å². The quantitative estimate of drug-likeness (QED) is 0.801. The molecule has 2 heteroatoms. The summed E-state index contributed by atoms with van der Waals surface area (Å²) < 4.78 is 5.73. The molecule has 2 nitrogen and oxygen atoms in total. The lowest BCUT2D eigenvalue weighted by atomic mass is 10.2. The zero-order valence-electron chi connectivity index (χ0n) is 10.0. The third-order valence-corrected chi connectivity index (χ3v) is 2.64. The normalized spacial score (nSPS) is 14.9. The molecule has 0 bridgehead atoms. The smallest absolute Gasteiger partial charge is 0.119 e. The van der Waals surface area contributed by atoms with Crippen LogP contribution in [0.15, 0.2) is 59.9 Å². The first-order chi connectivity index (χ1) is 8.24. The fourth-order valence-corrected chi connectivity index (χ4v) is 1.59. The van der Waals surface area contributed by atoms with Crippen LogP contribution in [0.3, 0.4) is 0 Å². The van der Waals surface area contributed by atoms with E-state index in [1.807, 2.05) is 36.4 Å². The van der Waals surface area contributed by atoms with Gasteiger partial charge in [-0.05, 0) is 43.2 Å². The number of ether oxygens (including phenoxy) is 1. The van der Waals surface area contributed by atoms with Gasteiger partial charge in [-0.3, -0.25) is 0 Å². The van der Waals surface area contributed by atoms with Crippen molar-refractivity contribution in [2.24, 2.45) is 0 Å². The van der Waals surface area contributed by atoms with E-state index in [1.165, 1.54) is 5.57 Å². The van der Waals surface area contributed by atoms with Crippen LogP contribution in [-0.4, -0.2) is 0 Å². The molecule has 1 aliphatic rings. The molecule has 0 saturated heterocycles. The standard InChI is InChI=1S/C15H17NO/c1-12-3-2-4-15(10-5-12)17-11-13-6-8-14(16)9-7-13/h2,4-10H,3,11,16H2,1H3. The van der Waals surface area contributed by atoms with Gasteiger partial charge in [0, 0.05) is 5.69 Å². The number of hydrogen-bond acceptors (Lipinski definition) is 2. The summed E-state index contributed by atoms with van der Waals surface area (Å²) in [7, 11) is 0. The number of nitrogen functional groups attached to an aromatic ring is 1. The van der Waals surface area contributed by atoms with Crippen LogP contribution < -0.4 is 5.73 Å². The maximum absolute atomic E-state index is 5.73. The first-order valence-corrected chi connectivity index (χ1v) is 5.75. The second kappa shape index (κ2) is 5.39. The van der Waals surface area contributed by atoms with Gasteiger partial charge in [-0.15, -0.1) is 0 Å². The van der Waals surface area contributed by atoms with E-state index in [0.717, 1.165) is 23.4 Å². The average Bonchev–Trinajstić information content (AvgIpc) is 2.54. The van der Waals surface area contributed by atoms with Crippen molar-refractivity contribution < 1.29 is 4.74 Å². The largest absolute Gasteiger partial charge is 0.489 e. The first kappa shape index (κ1) is 11.5. The van der Waals surface area contributed by atoms with E-state index in [0.29, 0.717) is 6.61 Å². The van der Waals surface area contributed by atoms with Gasteiger partial charge in [-0.2, -0.15) is 0 Å². The van der Waals surface area contributed by atoms with Gasteiger partial charge >= 0.3 is 0 Å². The van der Waals surface area contributed by atoms with Crippen LogP contribution in [0.5, 0.6) is 0 Å². The van der Waals surface area contributed by atoms with Gasteiger partial charge in [0.05, 0.1) is 0 Å². The van der Waals surface area contributed by atoms with Crippen LogP contribution in [-0.2, 0) is 11.3 Å². The van der Waals surface area contributed by atoms with Crippen LogP contribution >= 0.6 is 0 Å². The molecule has 0 heterocycles. The summed E-state index contributed by atoms with van der Waals surface area (Å²) in [5.41, 5.74) is 8.87. The summed E-state index contributed by atoms with van der Waals surface area (Å²) in [6.07, 6.45) is 9.23. The number of hydrogen-bond donors (Lipinski definition) is 1. The van der Waals surface area contributed by atoms with Gasteiger partial charge in [0.25, 0.3) is 0 Å². The zero-order chi connectivity index (χ0) is 12.1. The number of rotatable bonds is 3. The molecule has 2 N–H and O–H groups in total. The lowest BCUT2D eigenvalue weighted by molar-refractivity contribution is 0.211. The Balaban J connectivity index is 1.96. The van der Waals surface area contributed by atoms with E-state index in [1.54, 1.807) is 0 Å². The molecule has 0 radical (unpaired) electrons. The molecule has 0 atom stereocenters. The zero-order valence-corrected chi connectivity index (χ0v) is 10.0. The third-order valence-electron chi connectivity index (χ3n) is 2.64. The van der Waals surface area contributed by atoms with E-state index in [-0.39, 0.29) is 0 Å². The van der Waals surface area contributed by atoms with Crippen molar-refractivity contribution in [3.63, 3.8) is 0 Å². The monoisotopic (exact) mass is 227 g/mol. The second-order valence-corrected chi connectivity index (χ2v) is 4.22. The summed E-state index contributed by atoms with van der Waals surface area (Å²) in [6, 6.07) is 7.74. The lowest BCUT2D eigenvalue weighted by Crippen LogP contribution is -1.92. The van der Waals surface area contributed by atoms with Crippen molar-refractivity contribution in [3.05, 3.63) is 65.5 Å². The SMILES string of the molecule is CC1=CC=C(OCc2ccc(N)cc2)C=CC1. The fraction of sp³-hybridized carbons (Fsp3) is 0.200. The maximum Gasteiger partial charge on any atom is 0.119 e. The lowest BCUT2D eigenvalue weighted by Gasteiger charge is -2.06. The Morgan fingerprint density at radius 2 is 1.94 bits per heavy atom. The molecule has 0 saturated carbocycles. The molecule has 88 valence electrons. The Kier molecular flexibility index (Phi) is 3.66. The molecule has 0 spiro atoms. The Labute approximate surface area is 102 Å². The van der Waals surface area contributed by atoms with E-state index in [9.17, 15) is 0 Å². The van der Waals surface area contributed by atoms with Crippen molar-refractivity contribution >= 4 is 5.69 Å². The number of allylic oxidation sites excluding steroid dienone is 5. The Morgan fingerprint density at radius 3 is 2.71 bits per heavy atom. The van der Waals surface area contributed by atoms with Crippen LogP contribution in [0.25, 0.3) is 0 Å². The molecule has 0 amide bonds. The van der Waals surface area contributed by atoms with Crippen molar-refractivity contribution in [1.29, 1.82) is 0 Å². The van der Waals surface area contributed by atoms with Gasteiger partial charge < -0.3 is 10.5 Å². The first-order valence-electron chi connectivity index (χ1n) is 5.75. The van der Waals surface area contributed by atoms with E-state index < -0.39 is 0 Å². The van der Waals surface area contributed by atoms with E-state index in [2.05, 4.69) is 19.1 Å². The molecule has 1 aliphatic carbocycles. The summed E-state index contributed by atoms with van der Waals surface area (Å²) in [6.45, 7) is 2.69. The van der Waals surface area contributed by atoms with Crippen molar-refractivity contribution in [2.45, 2.75) is 20.0 Å². The summed E-state index contributed by atoms with van der Waals surface area (Å²) in [4.78, 5) is 0. The van der Waals surface area contributed by atoms with Crippen LogP contribution in [0.4, 0.5) is 5.69 Å². The maximum atomic E-state index is 5.73. The van der Waals surface area contributed by atoms with E-state index in [4.69, 9.17) is 10.5 Å². The van der Waals surface area contributed by atoms with Crippen molar-refractivity contribution in [1.82, 2.24) is 0 Å². The molecule has 0 unspecified atom stereocenters. The van der Waals surface area contributed by atoms with Gasteiger partial charge in [0.1, 0.15) is 12.4 Å². The molecule has 1 aromatic rings. The van der Waals surface area contributed by atoms with Gasteiger partial charge in [0.15, 0.2) is 0 Å². The molecule has 1 aromatic carbocycles. The minimum atomic E-state index is 0.573. The highest BCUT2D eigenvalue weighted by atomic mass is 16.5. The molecular weight excluding hydrogens is 210 g/mol. The fourth-order valence-electron chi connectivity index (χ4n) is 1.59. The number of nitrogens with two attached hydrogens (primary N) is 1. The van der Waals surface area contributed by atoms with Gasteiger partial charge in [-0.1, -0.05) is 29.9 Å². The molecular formula is C15H17NO. The molecule has 17 heavy (non-hydrogen) atoms. The molecule has 2 rings (SSSR count). The minimum absolute atomic E-state index is 0.573. The molecule has 0 aromatic heterocycles. The molecule has 0 fully saturated rings. The Bertz CT molecular complexity index is 466. The third kappa shape index (κ3) is 3.52. The second-order valence-electron chi connectivity index (χ2n) is 4.22. The van der Waals surface area contributed by atoms with E-state index >= 15 is 0 Å². The Morgan fingerprint density at radius 1 is 1.18 bits per heavy atom. The minimum Gasteiger partial charge on any atom is -0.489 e. The van der Waals surface area contributed by atoms with Gasteiger partial charge in [0.2, 0.25) is 0 Å². The van der Waals surface area contributed by atoms with Crippen molar-refractivity contribution in [2.75, 3.05) is 5.73 Å². The molecule has 0 aliphatic heterocycles. The highest BCUT2D eigenvalue weighted by Crippen LogP contribution is 2.14. The highest BCUT2D eigenvalue weighted by Gasteiger charge is 1.98. The van der Waals surface area contributed by atoms with Crippen LogP contribution in [0, 0.1) is 0 Å². The summed E-state index contributed by atoms with van der Waals surface area (Å²) in [5, 5.41) is 0. The predicted octanol–water partition coefficient (Wildman–Crippen LogP) is 3.58. The summed E-state index contributed by atoms with van der Waals surface area (Å²) in [5.74, 6) is 0.902. The predicted molar refractivity (Wildman–Crippen MR) is 71.2 cm³/mol. The number of anilines is 1. The van der Waals surface area contributed by atoms with Crippen molar-refractivity contribution in [3.8, 4) is 0 Å². The number of benzene rings is 1.